The van der Waals surface area contributed by atoms with E-state index in [0.717, 1.165) is 97.8 Å². The third-order valence-electron chi connectivity index (χ3n) is 12.0. The third kappa shape index (κ3) is 8.75. The van der Waals surface area contributed by atoms with Crippen molar-refractivity contribution in [1.29, 1.82) is 0 Å². The molecule has 2 aromatic heterocycles. The number of piperazine rings is 1. The van der Waals surface area contributed by atoms with Crippen LogP contribution in [0.2, 0.25) is 0 Å². The largest absolute Gasteiger partial charge is 0.381 e. The number of nitrogens with one attached hydrogen (secondary N) is 4. The fourth-order valence-corrected chi connectivity index (χ4v) is 8.82. The van der Waals surface area contributed by atoms with Gasteiger partial charge in [0.2, 0.25) is 11.8 Å². The molecule has 5 heterocycles. The van der Waals surface area contributed by atoms with Gasteiger partial charge in [-0.2, -0.15) is 5.10 Å². The van der Waals surface area contributed by atoms with E-state index >= 15 is 0 Å². The fourth-order valence-electron chi connectivity index (χ4n) is 8.82. The number of benzene rings is 4. The molecule has 12 nitrogen and oxygen atoms in total. The number of imide groups is 1. The number of hydrogen-bond donors (Lipinski definition) is 4. The predicted molar refractivity (Wildman–Crippen MR) is 227 cm³/mol. The average molecular weight is 815 g/mol. The standard InChI is InChI=1S/C46H48F2N8O4/c47-33-24-31(25-34(48)27-33)22-30-3-7-39-38(26-30)44(53-52-39)51-45(58)37-6-5-36(28-40(37)49-35-12-20-60-21-13-35)55-18-16-54(17-19-55)14-1-2-29-4-8-41-32(23-29)11-15-56(41)42-9-10-43(57)50-46(42)59/h3-8,11,15,23-28,35,42,49H,1-2,9-10,12-14,16-22H2,(H,50,57,59)(H2,51,52,53,58). The molecule has 0 radical (unpaired) electrons. The van der Waals surface area contributed by atoms with Gasteiger partial charge in [0.15, 0.2) is 5.82 Å². The molecule has 1 unspecified atom stereocenters. The molecule has 3 aliphatic heterocycles. The number of hydrogen-bond acceptors (Lipinski definition) is 8. The highest BCUT2D eigenvalue weighted by atomic mass is 19.1. The van der Waals surface area contributed by atoms with Gasteiger partial charge in [0, 0.05) is 86.4 Å². The van der Waals surface area contributed by atoms with E-state index in [1.807, 2.05) is 47.2 Å². The van der Waals surface area contributed by atoms with E-state index in [4.69, 9.17) is 4.74 Å². The summed E-state index contributed by atoms with van der Waals surface area (Å²) in [4.78, 5) is 43.0. The minimum Gasteiger partial charge on any atom is -0.381 e. The van der Waals surface area contributed by atoms with Gasteiger partial charge >= 0.3 is 0 Å². The molecule has 0 aliphatic carbocycles. The van der Waals surface area contributed by atoms with Gasteiger partial charge in [-0.15, -0.1) is 0 Å². The first kappa shape index (κ1) is 39.3. The molecule has 1 atom stereocenters. The van der Waals surface area contributed by atoms with Crippen molar-refractivity contribution >= 4 is 56.7 Å². The van der Waals surface area contributed by atoms with E-state index in [1.54, 1.807) is 0 Å². The molecule has 0 bridgehead atoms. The fraction of sp³-hybridized carbons (Fsp3) is 0.348. The minimum absolute atomic E-state index is 0.171. The van der Waals surface area contributed by atoms with Gasteiger partial charge in [-0.3, -0.25) is 29.7 Å². The molecule has 310 valence electrons. The molecule has 3 saturated heterocycles. The first-order valence-electron chi connectivity index (χ1n) is 20.8. The number of H-pyrrole nitrogens is 1. The summed E-state index contributed by atoms with van der Waals surface area (Å²) in [5.41, 5.74) is 6.67. The van der Waals surface area contributed by atoms with Crippen molar-refractivity contribution in [2.24, 2.45) is 0 Å². The molecular formula is C46H48F2N8O4. The number of amides is 3. The van der Waals surface area contributed by atoms with E-state index in [1.165, 1.54) is 17.7 Å². The van der Waals surface area contributed by atoms with Crippen LogP contribution < -0.4 is 20.9 Å². The Hall–Kier alpha value is -6.12. The smallest absolute Gasteiger partial charge is 0.258 e. The Bertz CT molecular complexity index is 2540. The number of fused-ring (bicyclic) bond motifs is 2. The van der Waals surface area contributed by atoms with Crippen LogP contribution in [0.5, 0.6) is 0 Å². The molecule has 6 aromatic rings. The number of aryl methyl sites for hydroxylation is 1. The van der Waals surface area contributed by atoms with Gasteiger partial charge < -0.3 is 24.8 Å². The van der Waals surface area contributed by atoms with Crippen molar-refractivity contribution in [3.8, 4) is 0 Å². The maximum atomic E-state index is 14.0. The number of piperidine rings is 1. The van der Waals surface area contributed by atoms with Crippen LogP contribution in [0.15, 0.2) is 85.1 Å². The van der Waals surface area contributed by atoms with Gasteiger partial charge in [0.25, 0.3) is 5.91 Å². The van der Waals surface area contributed by atoms with Crippen molar-refractivity contribution in [2.45, 2.75) is 57.0 Å². The SMILES string of the molecule is O=C1CCC(n2ccc3cc(CCCN4CCN(c5ccc(C(=O)Nc6n[nH]c7ccc(Cc8cc(F)cc(F)c8)cc67)c(NC6CCOCC6)c5)CC4)ccc32)C(=O)N1. The Morgan fingerprint density at radius 1 is 0.850 bits per heavy atom. The lowest BCUT2D eigenvalue weighted by atomic mass is 10.0. The van der Waals surface area contributed by atoms with Crippen molar-refractivity contribution in [3.05, 3.63) is 119 Å². The van der Waals surface area contributed by atoms with Crippen LogP contribution in [0, 0.1) is 11.6 Å². The molecule has 60 heavy (non-hydrogen) atoms. The Morgan fingerprint density at radius 2 is 1.65 bits per heavy atom. The quantitative estimate of drug-likeness (QED) is 0.0975. The highest BCUT2D eigenvalue weighted by molar-refractivity contribution is 6.11. The number of carbonyl (C=O) groups excluding carboxylic acids is 3. The summed E-state index contributed by atoms with van der Waals surface area (Å²) < 4.78 is 35.3. The van der Waals surface area contributed by atoms with Crippen LogP contribution >= 0.6 is 0 Å². The number of aromatic nitrogens is 3. The monoisotopic (exact) mass is 814 g/mol. The maximum Gasteiger partial charge on any atom is 0.258 e. The molecule has 14 heteroatoms. The molecule has 4 N–H and O–H groups in total. The van der Waals surface area contributed by atoms with E-state index < -0.39 is 11.6 Å². The Balaban J connectivity index is 0.831. The van der Waals surface area contributed by atoms with Gasteiger partial charge in [-0.25, -0.2) is 8.78 Å². The zero-order valence-electron chi connectivity index (χ0n) is 33.3. The summed E-state index contributed by atoms with van der Waals surface area (Å²) >= 11 is 0. The summed E-state index contributed by atoms with van der Waals surface area (Å²) in [5, 5.41) is 18.3. The summed E-state index contributed by atoms with van der Waals surface area (Å²) in [7, 11) is 0. The highest BCUT2D eigenvalue weighted by Gasteiger charge is 2.29. The lowest BCUT2D eigenvalue weighted by molar-refractivity contribution is -0.135. The number of nitrogens with zero attached hydrogens (tertiary/aromatic N) is 4. The predicted octanol–water partition coefficient (Wildman–Crippen LogP) is 6.96. The second-order valence-electron chi connectivity index (χ2n) is 16.1. The van der Waals surface area contributed by atoms with Crippen molar-refractivity contribution in [3.63, 3.8) is 0 Å². The Labute approximate surface area is 346 Å². The topological polar surface area (TPSA) is 137 Å². The Morgan fingerprint density at radius 3 is 2.45 bits per heavy atom. The summed E-state index contributed by atoms with van der Waals surface area (Å²) in [6.45, 7) is 5.92. The van der Waals surface area contributed by atoms with Crippen LogP contribution in [0.1, 0.15) is 65.2 Å². The number of aromatic amines is 1. The van der Waals surface area contributed by atoms with Gasteiger partial charge in [-0.1, -0.05) is 12.1 Å². The third-order valence-corrected chi connectivity index (χ3v) is 12.0. The lowest BCUT2D eigenvalue weighted by Crippen LogP contribution is -2.46. The molecule has 3 aliphatic rings. The van der Waals surface area contributed by atoms with Crippen molar-refractivity contribution in [1.82, 2.24) is 25.0 Å². The van der Waals surface area contributed by atoms with Gasteiger partial charge in [0.05, 0.1) is 11.1 Å². The molecular weight excluding hydrogens is 767 g/mol. The van der Waals surface area contributed by atoms with E-state index in [-0.39, 0.29) is 29.8 Å². The van der Waals surface area contributed by atoms with Crippen molar-refractivity contribution < 1.29 is 27.9 Å². The number of carbonyl (C=O) groups is 3. The average Bonchev–Trinajstić information content (AvgIpc) is 3.84. The number of anilines is 3. The second kappa shape index (κ2) is 17.2. The first-order chi connectivity index (χ1) is 29.2. The molecule has 3 amide bonds. The number of rotatable bonds is 12. The maximum absolute atomic E-state index is 14.0. The van der Waals surface area contributed by atoms with Crippen LogP contribution in [0.4, 0.5) is 26.0 Å². The molecule has 0 saturated carbocycles. The lowest BCUT2D eigenvalue weighted by Gasteiger charge is -2.36. The van der Waals surface area contributed by atoms with Crippen LogP contribution in [-0.4, -0.2) is 89.4 Å². The molecule has 4 aromatic carbocycles. The first-order valence-corrected chi connectivity index (χ1v) is 20.8. The minimum atomic E-state index is -0.623. The zero-order chi connectivity index (χ0) is 41.2. The summed E-state index contributed by atoms with van der Waals surface area (Å²) in [6, 6.07) is 23.4. The van der Waals surface area contributed by atoms with Gasteiger partial charge in [-0.05, 0) is 128 Å². The van der Waals surface area contributed by atoms with Crippen LogP contribution in [-0.2, 0) is 27.2 Å². The Kier molecular flexibility index (Phi) is 11.3. The molecule has 0 spiro atoms. The molecule has 3 fully saturated rings. The molecule has 9 rings (SSSR count). The number of halogens is 2. The van der Waals surface area contributed by atoms with E-state index in [0.29, 0.717) is 54.8 Å². The van der Waals surface area contributed by atoms with Crippen LogP contribution in [0.25, 0.3) is 21.8 Å². The van der Waals surface area contributed by atoms with E-state index in [9.17, 15) is 23.2 Å². The normalized spacial score (nSPS) is 18.0. The van der Waals surface area contributed by atoms with E-state index in [2.05, 4.69) is 60.2 Å². The van der Waals surface area contributed by atoms with Crippen molar-refractivity contribution in [2.75, 3.05) is 61.5 Å². The van der Waals surface area contributed by atoms with Gasteiger partial charge in [0.1, 0.15) is 17.7 Å². The summed E-state index contributed by atoms with van der Waals surface area (Å²) in [5.74, 6) is -1.61. The number of ether oxygens (including phenoxy) is 1. The zero-order valence-corrected chi connectivity index (χ0v) is 33.3. The highest BCUT2D eigenvalue weighted by Crippen LogP contribution is 2.31. The second-order valence-corrected chi connectivity index (χ2v) is 16.1. The summed E-state index contributed by atoms with van der Waals surface area (Å²) in [6.07, 6.45) is 6.80. The van der Waals surface area contributed by atoms with Crippen LogP contribution in [0.3, 0.4) is 0 Å².